The van der Waals surface area contributed by atoms with Crippen molar-refractivity contribution in [1.82, 2.24) is 9.88 Å². The van der Waals surface area contributed by atoms with Gasteiger partial charge in [0.2, 0.25) is 5.91 Å². The van der Waals surface area contributed by atoms with E-state index in [1.54, 1.807) is 0 Å². The summed E-state index contributed by atoms with van der Waals surface area (Å²) in [7, 11) is 0. The molecule has 0 atom stereocenters. The minimum atomic E-state index is -0.128. The van der Waals surface area contributed by atoms with Crippen LogP contribution < -0.4 is 10.6 Å². The van der Waals surface area contributed by atoms with Gasteiger partial charge in [-0.05, 0) is 52.3 Å². The van der Waals surface area contributed by atoms with E-state index in [1.807, 2.05) is 68.4 Å². The second kappa shape index (κ2) is 11.0. The van der Waals surface area contributed by atoms with Gasteiger partial charge in [-0.25, -0.2) is 0 Å². The Kier molecular flexibility index (Phi) is 7.82. The third-order valence-electron chi connectivity index (χ3n) is 6.47. The maximum Gasteiger partial charge on any atom is 0.268 e. The SMILES string of the molecule is CC(C)CC(=O)Nc1ccc2c(c1)cc(C(=O)NCc1ccccc1)n2Cc1ccc(C(C)(C)C)cc1. The van der Waals surface area contributed by atoms with Crippen molar-refractivity contribution in [3.05, 3.63) is 101 Å². The van der Waals surface area contributed by atoms with Gasteiger partial charge in [0.1, 0.15) is 5.69 Å². The molecule has 5 nitrogen and oxygen atoms in total. The number of anilines is 1. The van der Waals surface area contributed by atoms with E-state index in [0.717, 1.165) is 27.7 Å². The first-order valence-corrected chi connectivity index (χ1v) is 12.9. The third-order valence-corrected chi connectivity index (χ3v) is 6.47. The Morgan fingerprint density at radius 3 is 2.22 bits per heavy atom. The first-order chi connectivity index (χ1) is 17.6. The van der Waals surface area contributed by atoms with Gasteiger partial charge >= 0.3 is 0 Å². The number of aromatic nitrogens is 1. The van der Waals surface area contributed by atoms with Crippen molar-refractivity contribution in [2.75, 3.05) is 5.32 Å². The largest absolute Gasteiger partial charge is 0.347 e. The van der Waals surface area contributed by atoms with E-state index >= 15 is 0 Å². The highest BCUT2D eigenvalue weighted by Crippen LogP contribution is 2.27. The van der Waals surface area contributed by atoms with Crippen LogP contribution in [0.15, 0.2) is 78.9 Å². The second-order valence-corrected chi connectivity index (χ2v) is 11.2. The molecule has 0 saturated heterocycles. The van der Waals surface area contributed by atoms with Crippen molar-refractivity contribution >= 4 is 28.4 Å². The van der Waals surface area contributed by atoms with Gasteiger partial charge in [0, 0.05) is 36.1 Å². The molecule has 0 fully saturated rings. The van der Waals surface area contributed by atoms with Gasteiger partial charge in [-0.3, -0.25) is 9.59 Å². The minimum absolute atomic E-state index is 0.00597. The summed E-state index contributed by atoms with van der Waals surface area (Å²) >= 11 is 0. The van der Waals surface area contributed by atoms with Crippen LogP contribution in [-0.4, -0.2) is 16.4 Å². The molecule has 0 spiro atoms. The van der Waals surface area contributed by atoms with Crippen molar-refractivity contribution in [1.29, 1.82) is 0 Å². The Balaban J connectivity index is 1.65. The summed E-state index contributed by atoms with van der Waals surface area (Å²) in [5.41, 5.74) is 5.81. The summed E-state index contributed by atoms with van der Waals surface area (Å²) in [6.07, 6.45) is 0.469. The van der Waals surface area contributed by atoms with Gasteiger partial charge in [0.05, 0.1) is 0 Å². The van der Waals surface area contributed by atoms with Crippen LogP contribution in [0, 0.1) is 5.92 Å². The Labute approximate surface area is 219 Å². The first-order valence-electron chi connectivity index (χ1n) is 12.9. The molecular formula is C32H37N3O2. The highest BCUT2D eigenvalue weighted by atomic mass is 16.2. The number of carbonyl (C=O) groups excluding carboxylic acids is 2. The maximum atomic E-state index is 13.4. The number of hydrogen-bond acceptors (Lipinski definition) is 2. The van der Waals surface area contributed by atoms with Crippen LogP contribution in [-0.2, 0) is 23.3 Å². The molecule has 0 aliphatic carbocycles. The summed E-state index contributed by atoms with van der Waals surface area (Å²) in [6, 6.07) is 26.3. The van der Waals surface area contributed by atoms with Crippen LogP contribution in [0.2, 0.25) is 0 Å². The average molecular weight is 496 g/mol. The first kappa shape index (κ1) is 26.2. The van der Waals surface area contributed by atoms with Gasteiger partial charge in [-0.1, -0.05) is 89.2 Å². The molecule has 0 radical (unpaired) electrons. The molecule has 3 aromatic carbocycles. The lowest BCUT2D eigenvalue weighted by atomic mass is 9.87. The average Bonchev–Trinajstić information content (AvgIpc) is 3.20. The number of amides is 2. The second-order valence-electron chi connectivity index (χ2n) is 11.2. The Hall–Kier alpha value is -3.86. The molecule has 2 N–H and O–H groups in total. The zero-order valence-electron chi connectivity index (χ0n) is 22.5. The van der Waals surface area contributed by atoms with Crippen LogP contribution >= 0.6 is 0 Å². The summed E-state index contributed by atoms with van der Waals surface area (Å²) in [4.78, 5) is 25.7. The predicted molar refractivity (Wildman–Crippen MR) is 152 cm³/mol. The Morgan fingerprint density at radius 1 is 0.865 bits per heavy atom. The van der Waals surface area contributed by atoms with Crippen LogP contribution in [0.25, 0.3) is 10.9 Å². The van der Waals surface area contributed by atoms with E-state index in [0.29, 0.717) is 25.2 Å². The summed E-state index contributed by atoms with van der Waals surface area (Å²) in [6.45, 7) is 11.7. The van der Waals surface area contributed by atoms with Crippen molar-refractivity contribution in [2.24, 2.45) is 5.92 Å². The van der Waals surface area contributed by atoms with E-state index in [2.05, 4.69) is 60.2 Å². The molecule has 1 heterocycles. The predicted octanol–water partition coefficient (Wildman–Crippen LogP) is 6.90. The Morgan fingerprint density at radius 2 is 1.57 bits per heavy atom. The van der Waals surface area contributed by atoms with E-state index in [-0.39, 0.29) is 23.1 Å². The number of rotatable bonds is 8. The van der Waals surface area contributed by atoms with Crippen molar-refractivity contribution in [3.8, 4) is 0 Å². The Bertz CT molecular complexity index is 1380. The number of nitrogens with zero attached hydrogens (tertiary/aromatic N) is 1. The molecule has 37 heavy (non-hydrogen) atoms. The lowest BCUT2D eigenvalue weighted by Crippen LogP contribution is -2.25. The summed E-state index contributed by atoms with van der Waals surface area (Å²) in [5, 5.41) is 6.98. The third kappa shape index (κ3) is 6.67. The van der Waals surface area contributed by atoms with Crippen LogP contribution in [0.5, 0.6) is 0 Å². The lowest BCUT2D eigenvalue weighted by Gasteiger charge is -2.19. The van der Waals surface area contributed by atoms with Crippen molar-refractivity contribution < 1.29 is 9.59 Å². The molecule has 1 aromatic heterocycles. The van der Waals surface area contributed by atoms with Crippen molar-refractivity contribution in [3.63, 3.8) is 0 Å². The van der Waals surface area contributed by atoms with E-state index in [1.165, 1.54) is 5.56 Å². The number of nitrogens with one attached hydrogen (secondary N) is 2. The monoisotopic (exact) mass is 495 g/mol. The molecule has 2 amide bonds. The minimum Gasteiger partial charge on any atom is -0.347 e. The van der Waals surface area contributed by atoms with Gasteiger partial charge in [0.15, 0.2) is 0 Å². The molecule has 192 valence electrons. The molecule has 0 unspecified atom stereocenters. The fourth-order valence-electron chi connectivity index (χ4n) is 4.45. The summed E-state index contributed by atoms with van der Waals surface area (Å²) in [5.74, 6) is 0.153. The summed E-state index contributed by atoms with van der Waals surface area (Å²) < 4.78 is 2.06. The van der Waals surface area contributed by atoms with Gasteiger partial charge in [-0.2, -0.15) is 0 Å². The van der Waals surface area contributed by atoms with Gasteiger partial charge in [-0.15, -0.1) is 0 Å². The lowest BCUT2D eigenvalue weighted by molar-refractivity contribution is -0.116. The van der Waals surface area contributed by atoms with Crippen LogP contribution in [0.3, 0.4) is 0 Å². The van der Waals surface area contributed by atoms with Gasteiger partial charge < -0.3 is 15.2 Å². The quantitative estimate of drug-likeness (QED) is 0.279. The smallest absolute Gasteiger partial charge is 0.268 e. The van der Waals surface area contributed by atoms with E-state index in [9.17, 15) is 9.59 Å². The molecule has 5 heteroatoms. The standard InChI is InChI=1S/C32H37N3O2/c1-22(2)17-30(36)34-27-15-16-28-25(18-27)19-29(31(37)33-20-23-9-7-6-8-10-23)35(28)21-24-11-13-26(14-12-24)32(3,4)5/h6-16,18-19,22H,17,20-21H2,1-5H3,(H,33,37)(H,34,36). The molecule has 0 aliphatic heterocycles. The van der Waals surface area contributed by atoms with Crippen molar-refractivity contribution in [2.45, 2.75) is 59.5 Å². The number of benzene rings is 3. The molecule has 0 saturated carbocycles. The van der Waals surface area contributed by atoms with Crippen LogP contribution in [0.1, 0.15) is 68.2 Å². The zero-order valence-corrected chi connectivity index (χ0v) is 22.5. The number of hydrogen-bond donors (Lipinski definition) is 2. The zero-order chi connectivity index (χ0) is 26.6. The molecule has 4 aromatic rings. The van der Waals surface area contributed by atoms with Gasteiger partial charge in [0.25, 0.3) is 5.91 Å². The highest BCUT2D eigenvalue weighted by Gasteiger charge is 2.18. The van der Waals surface area contributed by atoms with E-state index < -0.39 is 0 Å². The highest BCUT2D eigenvalue weighted by molar-refractivity contribution is 6.00. The number of fused-ring (bicyclic) bond motifs is 1. The molecule has 0 aliphatic rings. The fraction of sp³-hybridized carbons (Fsp3) is 0.312. The number of carbonyl (C=O) groups is 2. The fourth-order valence-corrected chi connectivity index (χ4v) is 4.45. The van der Waals surface area contributed by atoms with E-state index in [4.69, 9.17) is 0 Å². The molecule has 0 bridgehead atoms. The topological polar surface area (TPSA) is 63.1 Å². The molecule has 4 rings (SSSR count). The molecular weight excluding hydrogens is 458 g/mol. The van der Waals surface area contributed by atoms with Crippen LogP contribution in [0.4, 0.5) is 5.69 Å². The maximum absolute atomic E-state index is 13.4. The normalized spacial score (nSPS) is 11.6.